The van der Waals surface area contributed by atoms with Crippen molar-refractivity contribution in [2.45, 2.75) is 11.4 Å². The molecule has 2 aromatic rings. The average Bonchev–Trinajstić information content (AvgIpc) is 3.12. The van der Waals surface area contributed by atoms with Crippen LogP contribution in [0.2, 0.25) is 0 Å². The molecule has 0 aromatic heterocycles. The molecule has 1 heterocycles. The smallest absolute Gasteiger partial charge is 0.327 e. The first-order valence-corrected chi connectivity index (χ1v) is 9.95. The van der Waals surface area contributed by atoms with Gasteiger partial charge in [0.2, 0.25) is 0 Å². The van der Waals surface area contributed by atoms with Gasteiger partial charge in [0.1, 0.15) is 22.9 Å². The lowest BCUT2D eigenvalue weighted by Gasteiger charge is -2.29. The van der Waals surface area contributed by atoms with Crippen molar-refractivity contribution in [1.82, 2.24) is 4.90 Å². The summed E-state index contributed by atoms with van der Waals surface area (Å²) in [5.41, 5.74) is 1.11. The summed E-state index contributed by atoms with van der Waals surface area (Å²) in [5, 5.41) is 9.16. The van der Waals surface area contributed by atoms with Crippen LogP contribution < -0.4 is 9.47 Å². The molecule has 1 aliphatic rings. The normalized spacial score (nSPS) is 19.0. The number of carbonyl (C=O) groups excluding carboxylic acids is 1. The van der Waals surface area contributed by atoms with Gasteiger partial charge in [0.05, 0.1) is 19.8 Å². The van der Waals surface area contributed by atoms with Crippen molar-refractivity contribution in [2.75, 3.05) is 20.0 Å². The second-order valence-electron chi connectivity index (χ2n) is 5.84. The minimum absolute atomic E-state index is 0.288. The van der Waals surface area contributed by atoms with Crippen molar-refractivity contribution in [1.29, 1.82) is 0 Å². The third-order valence-corrected chi connectivity index (χ3v) is 6.32. The van der Waals surface area contributed by atoms with Crippen molar-refractivity contribution in [3.8, 4) is 11.5 Å². The van der Waals surface area contributed by atoms with Crippen LogP contribution >= 0.6 is 27.7 Å². The molecule has 6 nitrogen and oxygen atoms in total. The number of hydrogen-bond acceptors (Lipinski definition) is 5. The molecule has 2 aromatic carbocycles. The predicted molar refractivity (Wildman–Crippen MR) is 106 cm³/mol. The van der Waals surface area contributed by atoms with Gasteiger partial charge in [-0.1, -0.05) is 12.1 Å². The zero-order valence-corrected chi connectivity index (χ0v) is 17.1. The highest BCUT2D eigenvalue weighted by Gasteiger charge is 2.44. The molecular weight excluding hydrogens is 434 g/mol. The molecule has 1 aliphatic heterocycles. The molecular formula is C19H18BrNO5S. The number of thioether (sulfide) groups is 1. The Morgan fingerprint density at radius 1 is 1.19 bits per heavy atom. The SMILES string of the molecule is COc1ccc(OC)c(C2SCC(C(=O)O)N2C(=O)c2ccccc2Br)c1. The highest BCUT2D eigenvalue weighted by atomic mass is 79.9. The topological polar surface area (TPSA) is 76.1 Å². The van der Waals surface area contributed by atoms with Gasteiger partial charge in [-0.3, -0.25) is 4.79 Å². The Morgan fingerprint density at radius 2 is 1.93 bits per heavy atom. The van der Waals surface area contributed by atoms with Crippen LogP contribution in [0.15, 0.2) is 46.9 Å². The number of halogens is 1. The summed E-state index contributed by atoms with van der Waals surface area (Å²) < 4.78 is 11.4. The van der Waals surface area contributed by atoms with E-state index < -0.39 is 17.4 Å². The Bertz CT molecular complexity index is 875. The van der Waals surface area contributed by atoms with E-state index in [1.807, 2.05) is 0 Å². The Balaban J connectivity index is 2.08. The fourth-order valence-corrected chi connectivity index (χ4v) is 4.88. The maximum absolute atomic E-state index is 13.3. The second kappa shape index (κ2) is 8.22. The largest absolute Gasteiger partial charge is 0.497 e. The Morgan fingerprint density at radius 3 is 2.56 bits per heavy atom. The van der Waals surface area contributed by atoms with Crippen LogP contribution in [0.4, 0.5) is 0 Å². The van der Waals surface area contributed by atoms with Crippen molar-refractivity contribution in [3.63, 3.8) is 0 Å². The molecule has 0 saturated carbocycles. The third kappa shape index (κ3) is 3.77. The zero-order chi connectivity index (χ0) is 19.6. The van der Waals surface area contributed by atoms with E-state index in [1.165, 1.54) is 16.7 Å². The van der Waals surface area contributed by atoms with Gasteiger partial charge in [-0.25, -0.2) is 4.79 Å². The number of methoxy groups -OCH3 is 2. The molecule has 142 valence electrons. The molecule has 3 rings (SSSR count). The van der Waals surface area contributed by atoms with Crippen molar-refractivity contribution in [2.24, 2.45) is 0 Å². The summed E-state index contributed by atoms with van der Waals surface area (Å²) in [6.07, 6.45) is 0. The number of carboxylic acid groups (broad SMARTS) is 1. The molecule has 2 unspecified atom stereocenters. The fraction of sp³-hybridized carbons (Fsp3) is 0.263. The van der Waals surface area contributed by atoms with Crippen LogP contribution in [-0.2, 0) is 4.79 Å². The number of ether oxygens (including phenoxy) is 2. The van der Waals surface area contributed by atoms with Crippen LogP contribution in [-0.4, -0.2) is 47.9 Å². The zero-order valence-electron chi connectivity index (χ0n) is 14.7. The maximum Gasteiger partial charge on any atom is 0.327 e. The molecule has 1 saturated heterocycles. The summed E-state index contributed by atoms with van der Waals surface area (Å²) in [7, 11) is 3.09. The van der Waals surface area contributed by atoms with Gasteiger partial charge < -0.3 is 19.5 Å². The van der Waals surface area contributed by atoms with E-state index >= 15 is 0 Å². The highest BCUT2D eigenvalue weighted by molar-refractivity contribution is 9.10. The summed E-state index contributed by atoms with van der Waals surface area (Å²) in [6.45, 7) is 0. The van der Waals surface area contributed by atoms with Gasteiger partial charge in [-0.05, 0) is 46.3 Å². The van der Waals surface area contributed by atoms with Crippen LogP contribution in [0.1, 0.15) is 21.3 Å². The van der Waals surface area contributed by atoms with E-state index in [1.54, 1.807) is 56.7 Å². The van der Waals surface area contributed by atoms with Crippen LogP contribution in [0.3, 0.4) is 0 Å². The van der Waals surface area contributed by atoms with Gasteiger partial charge in [0, 0.05) is 15.8 Å². The van der Waals surface area contributed by atoms with E-state index in [4.69, 9.17) is 9.47 Å². The first-order valence-electron chi connectivity index (χ1n) is 8.11. The number of benzene rings is 2. The van der Waals surface area contributed by atoms with Gasteiger partial charge in [-0.2, -0.15) is 0 Å². The molecule has 2 atom stereocenters. The van der Waals surface area contributed by atoms with Crippen LogP contribution in [0.5, 0.6) is 11.5 Å². The lowest BCUT2D eigenvalue weighted by atomic mass is 10.1. The lowest BCUT2D eigenvalue weighted by Crippen LogP contribution is -2.43. The quantitative estimate of drug-likeness (QED) is 0.744. The third-order valence-electron chi connectivity index (χ3n) is 4.33. The molecule has 0 bridgehead atoms. The summed E-state index contributed by atoms with van der Waals surface area (Å²) in [4.78, 5) is 26.5. The van der Waals surface area contributed by atoms with Crippen molar-refractivity contribution in [3.05, 3.63) is 58.1 Å². The molecule has 1 fully saturated rings. The maximum atomic E-state index is 13.3. The van der Waals surface area contributed by atoms with Crippen molar-refractivity contribution >= 4 is 39.6 Å². The van der Waals surface area contributed by atoms with E-state index in [2.05, 4.69) is 15.9 Å². The number of hydrogen-bond donors (Lipinski definition) is 1. The molecule has 27 heavy (non-hydrogen) atoms. The Kier molecular flexibility index (Phi) is 5.96. The van der Waals surface area contributed by atoms with E-state index in [9.17, 15) is 14.7 Å². The summed E-state index contributed by atoms with van der Waals surface area (Å²) in [5.74, 6) is 0.0843. The molecule has 0 spiro atoms. The Hall–Kier alpha value is -2.19. The summed E-state index contributed by atoms with van der Waals surface area (Å²) >= 11 is 4.77. The predicted octanol–water partition coefficient (Wildman–Crippen LogP) is 3.81. The minimum Gasteiger partial charge on any atom is -0.497 e. The molecule has 0 radical (unpaired) electrons. The van der Waals surface area contributed by atoms with Gasteiger partial charge in [0.15, 0.2) is 0 Å². The fourth-order valence-electron chi connectivity index (χ4n) is 2.99. The lowest BCUT2D eigenvalue weighted by molar-refractivity contribution is -0.141. The monoisotopic (exact) mass is 451 g/mol. The number of nitrogens with zero attached hydrogens (tertiary/aromatic N) is 1. The van der Waals surface area contributed by atoms with Gasteiger partial charge in [-0.15, -0.1) is 11.8 Å². The standard InChI is InChI=1S/C19H18BrNO5S/c1-25-11-7-8-16(26-2)13(9-11)18-21(15(10-27-18)19(23)24)17(22)12-5-3-4-6-14(12)20/h3-9,15,18H,10H2,1-2H3,(H,23,24). The Labute approximate surface area is 169 Å². The van der Waals surface area contributed by atoms with E-state index in [0.717, 1.165) is 0 Å². The molecule has 1 amide bonds. The van der Waals surface area contributed by atoms with Crippen molar-refractivity contribution < 1.29 is 24.2 Å². The molecule has 1 N–H and O–H groups in total. The average molecular weight is 452 g/mol. The minimum atomic E-state index is -1.03. The first kappa shape index (κ1) is 19.6. The molecule has 0 aliphatic carbocycles. The summed E-state index contributed by atoms with van der Waals surface area (Å²) in [6, 6.07) is 11.3. The number of amides is 1. The number of carboxylic acids is 1. The highest BCUT2D eigenvalue weighted by Crippen LogP contribution is 2.46. The van der Waals surface area contributed by atoms with Crippen LogP contribution in [0, 0.1) is 0 Å². The molecule has 8 heteroatoms. The second-order valence-corrected chi connectivity index (χ2v) is 7.81. The van der Waals surface area contributed by atoms with Gasteiger partial charge >= 0.3 is 5.97 Å². The number of rotatable bonds is 5. The van der Waals surface area contributed by atoms with E-state index in [-0.39, 0.29) is 11.7 Å². The number of carbonyl (C=O) groups is 2. The number of aliphatic carboxylic acids is 1. The van der Waals surface area contributed by atoms with Gasteiger partial charge in [0.25, 0.3) is 5.91 Å². The van der Waals surface area contributed by atoms with Crippen LogP contribution in [0.25, 0.3) is 0 Å². The van der Waals surface area contributed by atoms with E-state index in [0.29, 0.717) is 27.1 Å². The first-order chi connectivity index (χ1) is 13.0.